The fourth-order valence-electron chi connectivity index (χ4n) is 2.13. The average molecular weight is 294 g/mol. The summed E-state index contributed by atoms with van der Waals surface area (Å²) in [4.78, 5) is 0. The molecule has 0 N–H and O–H groups in total. The van der Waals surface area contributed by atoms with Crippen molar-refractivity contribution in [3.63, 3.8) is 0 Å². The number of hydrogen-bond acceptors (Lipinski definition) is 2. The van der Waals surface area contributed by atoms with Crippen LogP contribution in [-0.4, -0.2) is 7.11 Å². The molecule has 0 aliphatic heterocycles. The van der Waals surface area contributed by atoms with Gasteiger partial charge in [-0.3, -0.25) is 0 Å². The molecule has 2 aromatic carbocycles. The molecule has 1 aromatic heterocycles. The van der Waals surface area contributed by atoms with Crippen molar-refractivity contribution in [3.8, 4) is 5.75 Å². The summed E-state index contributed by atoms with van der Waals surface area (Å²) in [7, 11) is 1.57. The number of rotatable bonds is 1. The van der Waals surface area contributed by atoms with Crippen molar-refractivity contribution in [1.29, 1.82) is 0 Å². The number of methoxy groups -OCH3 is 1. The second-order valence-corrected chi connectivity index (χ2v) is 4.97. The lowest BCUT2D eigenvalue weighted by molar-refractivity contribution is -0.547. The van der Waals surface area contributed by atoms with E-state index in [0.717, 1.165) is 4.73 Å². The summed E-state index contributed by atoms with van der Waals surface area (Å²) < 4.78 is 5.99. The van der Waals surface area contributed by atoms with Gasteiger partial charge in [-0.25, -0.2) is 0 Å². The van der Waals surface area contributed by atoms with Gasteiger partial charge in [0, 0.05) is 17.2 Å². The number of benzene rings is 2. The molecule has 3 rings (SSSR count). The van der Waals surface area contributed by atoms with Gasteiger partial charge in [0.2, 0.25) is 11.0 Å². The fourth-order valence-corrected chi connectivity index (χ4v) is 2.61. The Morgan fingerprint density at radius 1 is 1.00 bits per heavy atom. The molecular formula is C14H9Cl2NO2. The molecule has 0 unspecified atom stereocenters. The predicted molar refractivity (Wildman–Crippen MR) is 77.0 cm³/mol. The van der Waals surface area contributed by atoms with Crippen LogP contribution in [0.15, 0.2) is 36.4 Å². The summed E-state index contributed by atoms with van der Waals surface area (Å²) >= 11 is 12.3. The normalized spacial score (nSPS) is 11.1. The first kappa shape index (κ1) is 12.3. The number of aromatic nitrogens is 1. The first-order valence-electron chi connectivity index (χ1n) is 5.60. The van der Waals surface area contributed by atoms with E-state index in [1.165, 1.54) is 0 Å². The minimum Gasteiger partial charge on any atom is -0.618 e. The van der Waals surface area contributed by atoms with E-state index in [4.69, 9.17) is 27.9 Å². The Hall–Kier alpha value is -1.71. The molecule has 0 atom stereocenters. The van der Waals surface area contributed by atoms with E-state index in [0.29, 0.717) is 37.6 Å². The van der Waals surface area contributed by atoms with Crippen molar-refractivity contribution in [2.75, 3.05) is 7.11 Å². The van der Waals surface area contributed by atoms with Gasteiger partial charge in [0.1, 0.15) is 5.75 Å². The monoisotopic (exact) mass is 293 g/mol. The first-order chi connectivity index (χ1) is 9.11. The number of pyridine rings is 1. The maximum Gasteiger partial charge on any atom is 0.227 e. The zero-order valence-corrected chi connectivity index (χ0v) is 11.5. The molecule has 0 aliphatic carbocycles. The first-order valence-corrected chi connectivity index (χ1v) is 6.35. The summed E-state index contributed by atoms with van der Waals surface area (Å²) in [6.45, 7) is 0. The minimum atomic E-state index is 0.454. The number of nitrogens with zero attached hydrogens (tertiary/aromatic N) is 1. The third kappa shape index (κ3) is 1.86. The summed E-state index contributed by atoms with van der Waals surface area (Å²) in [5.41, 5.74) is 0.940. The van der Waals surface area contributed by atoms with Crippen molar-refractivity contribution in [2.24, 2.45) is 0 Å². The van der Waals surface area contributed by atoms with E-state index in [-0.39, 0.29) is 0 Å². The highest BCUT2D eigenvalue weighted by Gasteiger charge is 2.16. The van der Waals surface area contributed by atoms with Crippen LogP contribution in [0.5, 0.6) is 5.75 Å². The molecule has 0 radical (unpaired) electrons. The molecule has 0 aliphatic rings. The minimum absolute atomic E-state index is 0.454. The molecule has 96 valence electrons. The van der Waals surface area contributed by atoms with E-state index in [9.17, 15) is 5.21 Å². The van der Waals surface area contributed by atoms with E-state index in [1.807, 2.05) is 0 Å². The smallest absolute Gasteiger partial charge is 0.227 e. The third-order valence-corrected chi connectivity index (χ3v) is 3.72. The highest BCUT2D eigenvalue weighted by Crippen LogP contribution is 2.32. The molecule has 0 saturated carbocycles. The molecule has 0 bridgehead atoms. The topological polar surface area (TPSA) is 36.2 Å². The number of hydrogen-bond donors (Lipinski definition) is 0. The number of fused-ring (bicyclic) bond motifs is 2. The van der Waals surface area contributed by atoms with Crippen molar-refractivity contribution < 1.29 is 9.47 Å². The van der Waals surface area contributed by atoms with Gasteiger partial charge in [-0.2, -0.15) is 4.73 Å². The lowest BCUT2D eigenvalue weighted by atomic mass is 10.1. The average Bonchev–Trinajstić information content (AvgIpc) is 2.44. The zero-order valence-electron chi connectivity index (χ0n) is 9.98. The molecule has 19 heavy (non-hydrogen) atoms. The number of ether oxygens (including phenoxy) is 1. The Labute approximate surface area is 119 Å². The van der Waals surface area contributed by atoms with E-state index in [2.05, 4.69) is 0 Å². The fraction of sp³-hybridized carbons (Fsp3) is 0.0714. The van der Waals surface area contributed by atoms with Gasteiger partial charge in [0.15, 0.2) is 0 Å². The second-order valence-electron chi connectivity index (χ2n) is 4.15. The maximum absolute atomic E-state index is 12.4. The molecule has 1 heterocycles. The van der Waals surface area contributed by atoms with Gasteiger partial charge in [-0.05, 0) is 24.3 Å². The van der Waals surface area contributed by atoms with Crippen LogP contribution in [0.25, 0.3) is 21.8 Å². The van der Waals surface area contributed by atoms with Gasteiger partial charge in [0.05, 0.1) is 22.9 Å². The van der Waals surface area contributed by atoms with Crippen molar-refractivity contribution >= 4 is 45.0 Å². The summed E-state index contributed by atoms with van der Waals surface area (Å²) in [6, 6.07) is 10.2. The highest BCUT2D eigenvalue weighted by molar-refractivity contribution is 6.40. The van der Waals surface area contributed by atoms with Crippen LogP contribution in [0.1, 0.15) is 0 Å². The Bertz CT molecular complexity index is 802. The van der Waals surface area contributed by atoms with E-state index < -0.39 is 0 Å². The molecule has 0 amide bonds. The van der Waals surface area contributed by atoms with Crippen LogP contribution in [0, 0.1) is 5.21 Å². The van der Waals surface area contributed by atoms with Crippen LogP contribution in [0.3, 0.4) is 0 Å². The summed E-state index contributed by atoms with van der Waals surface area (Å²) in [5.74, 6) is 0.655. The molecule has 0 fully saturated rings. The van der Waals surface area contributed by atoms with Crippen molar-refractivity contribution in [1.82, 2.24) is 0 Å². The second kappa shape index (κ2) is 4.44. The van der Waals surface area contributed by atoms with Gasteiger partial charge in [0.25, 0.3) is 0 Å². The Balaban J connectivity index is 2.52. The van der Waals surface area contributed by atoms with Crippen LogP contribution < -0.4 is 9.47 Å². The predicted octanol–water partition coefficient (Wildman–Crippen LogP) is 3.94. The Kier molecular flexibility index (Phi) is 2.88. The van der Waals surface area contributed by atoms with E-state index >= 15 is 0 Å². The maximum atomic E-state index is 12.4. The third-order valence-electron chi connectivity index (χ3n) is 3.07. The largest absolute Gasteiger partial charge is 0.618 e. The zero-order chi connectivity index (χ0) is 13.6. The lowest BCUT2D eigenvalue weighted by Crippen LogP contribution is -2.28. The highest BCUT2D eigenvalue weighted by atomic mass is 35.5. The Morgan fingerprint density at radius 3 is 2.53 bits per heavy atom. The van der Waals surface area contributed by atoms with Crippen LogP contribution >= 0.6 is 23.2 Å². The van der Waals surface area contributed by atoms with Gasteiger partial charge in [-0.15, -0.1) is 0 Å². The molecule has 3 aromatic rings. The van der Waals surface area contributed by atoms with Gasteiger partial charge >= 0.3 is 0 Å². The van der Waals surface area contributed by atoms with Crippen molar-refractivity contribution in [2.45, 2.75) is 0 Å². The molecule has 0 saturated heterocycles. The number of halogens is 2. The van der Waals surface area contributed by atoms with Gasteiger partial charge in [-0.1, -0.05) is 23.2 Å². The SMILES string of the molecule is COc1ccc2c(c1)c(Cl)c1ccc(Cl)cc1[n+]2[O-]. The van der Waals surface area contributed by atoms with Crippen LogP contribution in [0.4, 0.5) is 0 Å². The summed E-state index contributed by atoms with van der Waals surface area (Å²) in [5, 5.41) is 14.7. The molecule has 5 heteroatoms. The molecular weight excluding hydrogens is 285 g/mol. The lowest BCUT2D eigenvalue weighted by Gasteiger charge is -2.09. The van der Waals surface area contributed by atoms with E-state index in [1.54, 1.807) is 43.5 Å². The molecule has 3 nitrogen and oxygen atoms in total. The van der Waals surface area contributed by atoms with Crippen LogP contribution in [0.2, 0.25) is 10.0 Å². The molecule has 0 spiro atoms. The quantitative estimate of drug-likeness (QED) is 0.387. The van der Waals surface area contributed by atoms with Crippen molar-refractivity contribution in [3.05, 3.63) is 51.7 Å². The van der Waals surface area contributed by atoms with Crippen LogP contribution in [-0.2, 0) is 0 Å². The van der Waals surface area contributed by atoms with Gasteiger partial charge < -0.3 is 9.94 Å². The Morgan fingerprint density at radius 2 is 1.79 bits per heavy atom. The summed E-state index contributed by atoms with van der Waals surface area (Å²) in [6.07, 6.45) is 0. The standard InChI is InChI=1S/C14H9Cl2NO2/c1-19-9-3-5-12-11(7-9)14(16)10-4-2-8(15)6-13(10)17(12)18/h2-7H,1H3.